The Balaban J connectivity index is -0.000000130. The SMILES string of the molecule is CCC(C)P(=O)(O)O.CCC(C)P(=O)(O)O.CCC(C)P(=O)(O)O.[Fe]. The van der Waals surface area contributed by atoms with Crippen LogP contribution in [-0.4, -0.2) is 46.3 Å². The van der Waals surface area contributed by atoms with Gasteiger partial charge < -0.3 is 29.4 Å². The molecule has 9 nitrogen and oxygen atoms in total. The van der Waals surface area contributed by atoms with E-state index in [0.717, 1.165) is 0 Å². The van der Waals surface area contributed by atoms with Gasteiger partial charge in [0.2, 0.25) is 0 Å². The van der Waals surface area contributed by atoms with Crippen molar-refractivity contribution in [2.75, 3.05) is 0 Å². The van der Waals surface area contributed by atoms with E-state index in [1.165, 1.54) is 0 Å². The van der Waals surface area contributed by atoms with Crippen molar-refractivity contribution in [1.82, 2.24) is 0 Å². The Kier molecular flexibility index (Phi) is 20.1. The predicted molar refractivity (Wildman–Crippen MR) is 95.4 cm³/mol. The molecule has 0 saturated carbocycles. The van der Waals surface area contributed by atoms with E-state index < -0.39 is 39.8 Å². The first kappa shape index (κ1) is 33.5. The zero-order valence-corrected chi connectivity index (χ0v) is 19.2. The molecule has 158 valence electrons. The molecular weight excluding hydrogens is 437 g/mol. The average molecular weight is 470 g/mol. The Morgan fingerprint density at radius 2 is 0.680 bits per heavy atom. The van der Waals surface area contributed by atoms with E-state index in [1.807, 2.05) is 0 Å². The molecule has 0 amide bonds. The molecule has 0 aromatic rings. The van der Waals surface area contributed by atoms with Crippen molar-refractivity contribution in [1.29, 1.82) is 0 Å². The molecule has 0 heterocycles. The summed E-state index contributed by atoms with van der Waals surface area (Å²) in [7, 11) is -11.3. The molecule has 0 aliphatic rings. The second-order valence-electron chi connectivity index (χ2n) is 5.54. The van der Waals surface area contributed by atoms with Gasteiger partial charge in [-0.05, 0) is 19.3 Å². The van der Waals surface area contributed by atoms with Gasteiger partial charge in [0, 0.05) is 17.1 Å². The van der Waals surface area contributed by atoms with Crippen molar-refractivity contribution in [3.63, 3.8) is 0 Å². The van der Waals surface area contributed by atoms with Crippen molar-refractivity contribution in [2.24, 2.45) is 0 Å². The second-order valence-corrected chi connectivity index (χ2v) is 11.7. The first-order valence-corrected chi connectivity index (χ1v) is 12.6. The van der Waals surface area contributed by atoms with Crippen LogP contribution in [0.3, 0.4) is 0 Å². The number of hydrogen-bond acceptors (Lipinski definition) is 3. The molecule has 0 fully saturated rings. The Morgan fingerprint density at radius 1 is 0.560 bits per heavy atom. The Morgan fingerprint density at radius 3 is 0.680 bits per heavy atom. The van der Waals surface area contributed by atoms with Crippen LogP contribution < -0.4 is 0 Å². The fraction of sp³-hybridized carbons (Fsp3) is 1.00. The van der Waals surface area contributed by atoms with Crippen LogP contribution in [0.4, 0.5) is 0 Å². The van der Waals surface area contributed by atoms with Crippen LogP contribution in [0.5, 0.6) is 0 Å². The third-order valence-electron chi connectivity index (χ3n) is 3.50. The summed E-state index contributed by atoms with van der Waals surface area (Å²) in [6.07, 6.45) is 1.60. The molecule has 3 atom stereocenters. The van der Waals surface area contributed by atoms with Crippen molar-refractivity contribution < 1.29 is 60.1 Å². The number of rotatable bonds is 6. The molecule has 13 heteroatoms. The van der Waals surface area contributed by atoms with Crippen LogP contribution in [0.1, 0.15) is 60.8 Å². The zero-order chi connectivity index (χ0) is 20.4. The van der Waals surface area contributed by atoms with Gasteiger partial charge in [-0.25, -0.2) is 0 Å². The quantitative estimate of drug-likeness (QED) is 0.252. The number of hydrogen-bond donors (Lipinski definition) is 6. The third kappa shape index (κ3) is 21.1. The minimum absolute atomic E-state index is 0. The fourth-order valence-corrected chi connectivity index (χ4v) is 2.14. The van der Waals surface area contributed by atoms with Gasteiger partial charge >= 0.3 is 22.8 Å². The zero-order valence-electron chi connectivity index (χ0n) is 15.5. The minimum atomic E-state index is -3.76. The van der Waals surface area contributed by atoms with Crippen LogP contribution in [0, 0.1) is 0 Å². The van der Waals surface area contributed by atoms with Crippen molar-refractivity contribution in [3.8, 4) is 0 Å². The van der Waals surface area contributed by atoms with E-state index in [1.54, 1.807) is 41.5 Å². The van der Waals surface area contributed by atoms with Gasteiger partial charge in [0.05, 0.1) is 17.0 Å². The normalized spacial score (nSPS) is 15.4. The van der Waals surface area contributed by atoms with E-state index in [2.05, 4.69) is 0 Å². The second kappa shape index (κ2) is 15.0. The van der Waals surface area contributed by atoms with Gasteiger partial charge in [-0.3, -0.25) is 13.7 Å². The Bertz CT molecular complexity index is 390. The summed E-state index contributed by atoms with van der Waals surface area (Å²) in [6, 6.07) is 0. The van der Waals surface area contributed by atoms with Gasteiger partial charge in [-0.15, -0.1) is 0 Å². The maximum Gasteiger partial charge on any atom is 0.328 e. The summed E-state index contributed by atoms with van der Waals surface area (Å²) >= 11 is 0. The van der Waals surface area contributed by atoms with Gasteiger partial charge in [0.1, 0.15) is 0 Å². The first-order valence-electron chi connectivity index (χ1n) is 7.60. The molecule has 0 bridgehead atoms. The van der Waals surface area contributed by atoms with E-state index in [0.29, 0.717) is 19.3 Å². The molecule has 6 N–H and O–H groups in total. The molecule has 0 radical (unpaired) electrons. The monoisotopic (exact) mass is 470 g/mol. The van der Waals surface area contributed by atoms with Crippen LogP contribution in [0.2, 0.25) is 0 Å². The molecule has 0 aromatic carbocycles. The van der Waals surface area contributed by atoms with Crippen LogP contribution in [-0.2, 0) is 30.8 Å². The summed E-state index contributed by atoms with van der Waals surface area (Å²) in [5, 5.41) is 0. The van der Waals surface area contributed by atoms with Gasteiger partial charge in [0.25, 0.3) is 0 Å². The molecule has 0 aliphatic carbocycles. The van der Waals surface area contributed by atoms with Crippen molar-refractivity contribution in [3.05, 3.63) is 0 Å². The molecule has 0 aromatic heterocycles. The summed E-state index contributed by atoms with van der Waals surface area (Å²) in [6.45, 7) is 9.89. The summed E-state index contributed by atoms with van der Waals surface area (Å²) in [5.74, 6) is 0. The minimum Gasteiger partial charge on any atom is -0.324 e. The average Bonchev–Trinajstić information content (AvgIpc) is 2.42. The summed E-state index contributed by atoms with van der Waals surface area (Å²) in [5.41, 5.74) is -1.45. The van der Waals surface area contributed by atoms with E-state index >= 15 is 0 Å². The predicted octanol–water partition coefficient (Wildman–Crippen LogP) is 2.89. The van der Waals surface area contributed by atoms with Crippen LogP contribution >= 0.6 is 22.8 Å². The van der Waals surface area contributed by atoms with Gasteiger partial charge in [0.15, 0.2) is 0 Å². The topological polar surface area (TPSA) is 173 Å². The van der Waals surface area contributed by atoms with Crippen LogP contribution in [0.25, 0.3) is 0 Å². The smallest absolute Gasteiger partial charge is 0.324 e. The molecule has 0 aliphatic heterocycles. The standard InChI is InChI=1S/3C4H11O3P.Fe/c3*1-3-4(2)8(5,6)7;/h3*4H,3H2,1-2H3,(H2,5,6,7);. The van der Waals surface area contributed by atoms with E-state index in [4.69, 9.17) is 29.4 Å². The maximum absolute atomic E-state index is 10.3. The molecule has 25 heavy (non-hydrogen) atoms. The largest absolute Gasteiger partial charge is 0.328 e. The van der Waals surface area contributed by atoms with E-state index in [9.17, 15) is 13.7 Å². The molecule has 0 saturated heterocycles. The van der Waals surface area contributed by atoms with Gasteiger partial charge in [-0.1, -0.05) is 41.5 Å². The van der Waals surface area contributed by atoms with Crippen molar-refractivity contribution in [2.45, 2.75) is 77.8 Å². The molecule has 0 rings (SSSR count). The van der Waals surface area contributed by atoms with Crippen LogP contribution in [0.15, 0.2) is 0 Å². The maximum atomic E-state index is 10.3. The van der Waals surface area contributed by atoms with Gasteiger partial charge in [-0.2, -0.15) is 0 Å². The first-order chi connectivity index (χ1) is 10.4. The van der Waals surface area contributed by atoms with E-state index in [-0.39, 0.29) is 17.1 Å². The Labute approximate surface area is 161 Å². The molecule has 3 unspecified atom stereocenters. The Hall–Kier alpha value is 0.969. The molecule has 0 spiro atoms. The fourth-order valence-electron chi connectivity index (χ4n) is 0.714. The van der Waals surface area contributed by atoms with Crippen molar-refractivity contribution >= 4 is 22.8 Å². The summed E-state index contributed by atoms with van der Waals surface area (Å²) in [4.78, 5) is 50.4. The third-order valence-corrected chi connectivity index (χ3v) is 8.04. The summed E-state index contributed by atoms with van der Waals surface area (Å²) < 4.78 is 30.8. The molecular formula is C12H33FeO9P3.